The molecule has 4 aromatic carbocycles. The van der Waals surface area contributed by atoms with Gasteiger partial charge in [0.15, 0.2) is 0 Å². The van der Waals surface area contributed by atoms with Crippen molar-refractivity contribution < 1.29 is 9.53 Å². The third-order valence-electron chi connectivity index (χ3n) is 5.10. The molecule has 0 aliphatic rings. The molecule has 4 rings (SSSR count). The number of nitrogens with one attached hydrogen (secondary N) is 1. The van der Waals surface area contributed by atoms with Crippen LogP contribution in [0, 0.1) is 0 Å². The molecule has 4 aromatic rings. The second-order valence-electron chi connectivity index (χ2n) is 7.72. The summed E-state index contributed by atoms with van der Waals surface area (Å²) in [5, 5.41) is 4.08. The smallest absolute Gasteiger partial charge is 0.271 e. The molecule has 0 unspecified atom stereocenters. The quantitative estimate of drug-likeness (QED) is 0.215. The second kappa shape index (κ2) is 12.4. The number of carbonyl (C=O) groups excluding carboxylic acids is 1. The Hall–Kier alpha value is -3.83. The summed E-state index contributed by atoms with van der Waals surface area (Å²) in [6.45, 7) is 0.523. The molecule has 0 saturated carbocycles. The first-order valence-electron chi connectivity index (χ1n) is 11.1. The van der Waals surface area contributed by atoms with Gasteiger partial charge in [-0.1, -0.05) is 72.8 Å². The Morgan fingerprint density at radius 2 is 1.32 bits per heavy atom. The van der Waals surface area contributed by atoms with E-state index in [9.17, 15) is 4.79 Å². The monoisotopic (exact) mass is 466 g/mol. The Bertz CT molecular complexity index is 1190. The molecule has 0 heterocycles. The van der Waals surface area contributed by atoms with Gasteiger partial charge >= 0.3 is 0 Å². The number of nitrogens with zero attached hydrogens (tertiary/aromatic N) is 1. The number of benzene rings is 4. The van der Waals surface area contributed by atoms with Crippen LogP contribution < -0.4 is 10.2 Å². The Kier molecular flexibility index (Phi) is 8.52. The maximum Gasteiger partial charge on any atom is 0.271 e. The fourth-order valence-electron chi connectivity index (χ4n) is 3.23. The van der Waals surface area contributed by atoms with Gasteiger partial charge in [-0.15, -0.1) is 0 Å². The first-order valence-corrected chi connectivity index (χ1v) is 12.2. The topological polar surface area (TPSA) is 50.7 Å². The Morgan fingerprint density at radius 3 is 1.97 bits per heavy atom. The van der Waals surface area contributed by atoms with Gasteiger partial charge in [0, 0.05) is 17.1 Å². The van der Waals surface area contributed by atoms with Crippen molar-refractivity contribution in [2.45, 2.75) is 18.1 Å². The van der Waals surface area contributed by atoms with E-state index in [-0.39, 0.29) is 5.91 Å². The zero-order valence-electron chi connectivity index (χ0n) is 18.8. The number of carbonyl (C=O) groups is 1. The molecule has 0 aromatic heterocycles. The van der Waals surface area contributed by atoms with E-state index in [1.54, 1.807) is 6.21 Å². The Balaban J connectivity index is 1.21. The summed E-state index contributed by atoms with van der Waals surface area (Å²) >= 11 is 1.85. The summed E-state index contributed by atoms with van der Waals surface area (Å²) in [5.41, 5.74) is 7.67. The van der Waals surface area contributed by atoms with E-state index < -0.39 is 0 Å². The summed E-state index contributed by atoms with van der Waals surface area (Å²) in [5.74, 6) is 2.42. The number of ether oxygens (including phenoxy) is 1. The largest absolute Gasteiger partial charge is 0.489 e. The summed E-state index contributed by atoms with van der Waals surface area (Å²) in [7, 11) is 0. The van der Waals surface area contributed by atoms with Crippen molar-refractivity contribution in [3.8, 4) is 5.75 Å². The van der Waals surface area contributed by atoms with E-state index in [1.807, 2.05) is 96.7 Å². The number of hydrogen-bond donors (Lipinski definition) is 1. The molecule has 0 saturated heterocycles. The van der Waals surface area contributed by atoms with Crippen molar-refractivity contribution in [3.05, 3.63) is 137 Å². The summed E-state index contributed by atoms with van der Waals surface area (Å²) < 4.78 is 5.79. The third kappa shape index (κ3) is 7.36. The first-order chi connectivity index (χ1) is 16.8. The molecule has 0 bridgehead atoms. The van der Waals surface area contributed by atoms with E-state index in [2.05, 4.69) is 34.8 Å². The average molecular weight is 467 g/mol. The fourth-order valence-corrected chi connectivity index (χ4v) is 4.19. The van der Waals surface area contributed by atoms with Crippen LogP contribution in [0.3, 0.4) is 0 Å². The van der Waals surface area contributed by atoms with Gasteiger partial charge in [-0.3, -0.25) is 4.79 Å². The van der Waals surface area contributed by atoms with Gasteiger partial charge < -0.3 is 4.74 Å². The fraction of sp³-hybridized carbons (Fsp3) is 0.103. The van der Waals surface area contributed by atoms with Gasteiger partial charge in [-0.05, 0) is 58.7 Å². The van der Waals surface area contributed by atoms with Crippen molar-refractivity contribution >= 4 is 23.9 Å². The van der Waals surface area contributed by atoms with Crippen LogP contribution in [0.5, 0.6) is 5.75 Å². The number of hydrogen-bond acceptors (Lipinski definition) is 4. The highest BCUT2D eigenvalue weighted by atomic mass is 32.2. The van der Waals surface area contributed by atoms with Crippen molar-refractivity contribution in [3.63, 3.8) is 0 Å². The molecule has 0 aliphatic carbocycles. The van der Waals surface area contributed by atoms with Crippen molar-refractivity contribution in [2.75, 3.05) is 0 Å². The molecule has 4 nitrogen and oxygen atoms in total. The lowest BCUT2D eigenvalue weighted by atomic mass is 10.1. The zero-order valence-corrected chi connectivity index (χ0v) is 19.6. The number of rotatable bonds is 10. The molecule has 0 fully saturated rings. The van der Waals surface area contributed by atoms with Gasteiger partial charge in [-0.25, -0.2) is 5.43 Å². The minimum absolute atomic E-state index is 0.234. The minimum Gasteiger partial charge on any atom is -0.489 e. The molecule has 0 spiro atoms. The molecule has 170 valence electrons. The van der Waals surface area contributed by atoms with Crippen LogP contribution in [0.2, 0.25) is 0 Å². The molecular formula is C29H26N2O2S. The number of amides is 1. The van der Waals surface area contributed by atoms with Crippen LogP contribution in [-0.4, -0.2) is 12.1 Å². The second-order valence-corrected chi connectivity index (χ2v) is 8.70. The molecule has 0 atom stereocenters. The molecule has 0 aliphatic heterocycles. The summed E-state index contributed by atoms with van der Waals surface area (Å²) in [6.07, 6.45) is 1.62. The summed E-state index contributed by atoms with van der Waals surface area (Å²) in [4.78, 5) is 12.4. The van der Waals surface area contributed by atoms with Crippen LogP contribution in [0.4, 0.5) is 0 Å². The van der Waals surface area contributed by atoms with Gasteiger partial charge in [0.05, 0.1) is 6.21 Å². The van der Waals surface area contributed by atoms with Crippen molar-refractivity contribution in [1.82, 2.24) is 5.43 Å². The van der Waals surface area contributed by atoms with Gasteiger partial charge in [0.25, 0.3) is 5.91 Å². The molecule has 1 N–H and O–H groups in total. The van der Waals surface area contributed by atoms with Crippen LogP contribution in [0.25, 0.3) is 0 Å². The van der Waals surface area contributed by atoms with E-state index in [0.717, 1.165) is 28.4 Å². The van der Waals surface area contributed by atoms with Gasteiger partial charge in [-0.2, -0.15) is 16.9 Å². The molecule has 34 heavy (non-hydrogen) atoms. The van der Waals surface area contributed by atoms with Gasteiger partial charge in [0.1, 0.15) is 12.4 Å². The highest BCUT2D eigenvalue weighted by Gasteiger charge is 2.04. The lowest BCUT2D eigenvalue weighted by Crippen LogP contribution is -2.17. The van der Waals surface area contributed by atoms with Gasteiger partial charge in [0.2, 0.25) is 0 Å². The van der Waals surface area contributed by atoms with Crippen molar-refractivity contribution in [2.24, 2.45) is 5.10 Å². The SMILES string of the molecule is O=C(N/N=C/c1ccc(OCc2ccccc2)cc1)c1ccc(CSCc2ccccc2)cc1. The predicted octanol–water partition coefficient (Wildman–Crippen LogP) is 6.46. The maximum absolute atomic E-state index is 12.4. The average Bonchev–Trinajstić information content (AvgIpc) is 2.90. The van der Waals surface area contributed by atoms with Crippen LogP contribution in [-0.2, 0) is 18.1 Å². The molecular weight excluding hydrogens is 440 g/mol. The van der Waals surface area contributed by atoms with E-state index in [1.165, 1.54) is 11.1 Å². The number of thioether (sulfide) groups is 1. The van der Waals surface area contributed by atoms with Crippen molar-refractivity contribution in [1.29, 1.82) is 0 Å². The minimum atomic E-state index is -0.234. The number of hydrazone groups is 1. The molecule has 0 radical (unpaired) electrons. The lowest BCUT2D eigenvalue weighted by molar-refractivity contribution is 0.0955. The predicted molar refractivity (Wildman–Crippen MR) is 140 cm³/mol. The molecule has 1 amide bonds. The van der Waals surface area contributed by atoms with E-state index >= 15 is 0 Å². The van der Waals surface area contributed by atoms with Crippen LogP contribution in [0.15, 0.2) is 114 Å². The normalized spacial score (nSPS) is 10.8. The zero-order chi connectivity index (χ0) is 23.4. The van der Waals surface area contributed by atoms with E-state index in [4.69, 9.17) is 4.74 Å². The summed E-state index contributed by atoms with van der Waals surface area (Å²) in [6, 6.07) is 35.7. The highest BCUT2D eigenvalue weighted by Crippen LogP contribution is 2.18. The van der Waals surface area contributed by atoms with E-state index in [0.29, 0.717) is 12.2 Å². The Labute approximate surface area is 204 Å². The molecule has 5 heteroatoms. The maximum atomic E-state index is 12.4. The van der Waals surface area contributed by atoms with Crippen LogP contribution in [0.1, 0.15) is 32.6 Å². The Morgan fingerprint density at radius 1 is 0.735 bits per heavy atom. The first kappa shape index (κ1) is 23.3. The lowest BCUT2D eigenvalue weighted by Gasteiger charge is -2.06. The van der Waals surface area contributed by atoms with Crippen LogP contribution >= 0.6 is 11.8 Å². The highest BCUT2D eigenvalue weighted by molar-refractivity contribution is 7.97. The standard InChI is InChI=1S/C29H26N2O2S/c32-29(27-15-11-26(12-16-27)22-34-21-25-9-5-2-6-10-25)31-30-19-23-13-17-28(18-14-23)33-20-24-7-3-1-4-8-24/h1-19H,20-22H2,(H,31,32)/b30-19+. The third-order valence-corrected chi connectivity index (χ3v) is 6.18.